The molecule has 0 heterocycles. The number of rotatable bonds is 9. The van der Waals surface area contributed by atoms with Gasteiger partial charge >= 0.3 is 0 Å². The lowest BCUT2D eigenvalue weighted by Gasteiger charge is -2.26. The van der Waals surface area contributed by atoms with E-state index in [1.807, 2.05) is 30.3 Å². The summed E-state index contributed by atoms with van der Waals surface area (Å²) in [5.41, 5.74) is 1.02. The summed E-state index contributed by atoms with van der Waals surface area (Å²) in [6, 6.07) is 9.99. The maximum absolute atomic E-state index is 10.4. The lowest BCUT2D eigenvalue weighted by atomic mass is 10.1. The van der Waals surface area contributed by atoms with Crippen LogP contribution in [0.3, 0.4) is 0 Å². The van der Waals surface area contributed by atoms with Crippen molar-refractivity contribution >= 4 is 0 Å². The van der Waals surface area contributed by atoms with Crippen LogP contribution in [0.4, 0.5) is 0 Å². The first-order valence-electron chi connectivity index (χ1n) is 7.94. The lowest BCUT2D eigenvalue weighted by Crippen LogP contribution is -2.32. The molecule has 0 radical (unpaired) electrons. The number of aliphatic hydroxyl groups is 1. The minimum atomic E-state index is -0.379. The van der Waals surface area contributed by atoms with E-state index >= 15 is 0 Å². The summed E-state index contributed by atoms with van der Waals surface area (Å²) in [6.45, 7) is 11.9. The Kier molecular flexibility index (Phi) is 7.86. The van der Waals surface area contributed by atoms with Crippen LogP contribution in [0.5, 0.6) is 0 Å². The summed E-state index contributed by atoms with van der Waals surface area (Å²) in [7, 11) is 0. The Balaban J connectivity index is 2.53. The first kappa shape index (κ1) is 17.2. The first-order chi connectivity index (χ1) is 9.49. The average molecular weight is 277 g/mol. The van der Waals surface area contributed by atoms with Crippen LogP contribution in [0.1, 0.15) is 52.2 Å². The van der Waals surface area contributed by atoms with E-state index in [4.69, 9.17) is 0 Å². The minimum Gasteiger partial charge on any atom is -0.387 e. The highest BCUT2D eigenvalue weighted by Gasteiger charge is 2.14. The van der Waals surface area contributed by atoms with Gasteiger partial charge in [0.1, 0.15) is 0 Å². The number of nitrogens with zero attached hydrogens (tertiary/aromatic N) is 1. The van der Waals surface area contributed by atoms with Gasteiger partial charge in [-0.3, -0.25) is 0 Å². The molecule has 20 heavy (non-hydrogen) atoms. The normalized spacial score (nSPS) is 13.4. The first-order valence-corrected chi connectivity index (χ1v) is 7.94. The molecule has 0 aliphatic rings. The zero-order valence-electron chi connectivity index (χ0n) is 13.5. The number of hydrogen-bond donors (Lipinski definition) is 1. The molecule has 2 nitrogen and oxygen atoms in total. The molecule has 0 saturated carbocycles. The van der Waals surface area contributed by atoms with Crippen molar-refractivity contribution in [1.29, 1.82) is 0 Å². The van der Waals surface area contributed by atoms with Crippen LogP contribution < -0.4 is 0 Å². The third-order valence-corrected chi connectivity index (χ3v) is 3.66. The Hall–Kier alpha value is -0.860. The molecular formula is C18H31NO. The minimum absolute atomic E-state index is 0.379. The molecule has 0 aliphatic heterocycles. The van der Waals surface area contributed by atoms with Crippen molar-refractivity contribution in [2.45, 2.75) is 46.6 Å². The van der Waals surface area contributed by atoms with Gasteiger partial charge in [-0.2, -0.15) is 0 Å². The van der Waals surface area contributed by atoms with E-state index in [9.17, 15) is 5.11 Å². The van der Waals surface area contributed by atoms with Gasteiger partial charge in [-0.15, -0.1) is 0 Å². The Bertz CT molecular complexity index is 336. The van der Waals surface area contributed by atoms with Gasteiger partial charge in [-0.05, 0) is 43.3 Å². The summed E-state index contributed by atoms with van der Waals surface area (Å²) in [5.74, 6) is 1.43. The fourth-order valence-electron chi connectivity index (χ4n) is 2.20. The van der Waals surface area contributed by atoms with E-state index in [1.54, 1.807) is 0 Å². The van der Waals surface area contributed by atoms with E-state index in [2.05, 4.69) is 32.6 Å². The van der Waals surface area contributed by atoms with Crippen LogP contribution in [-0.4, -0.2) is 29.6 Å². The second-order valence-corrected chi connectivity index (χ2v) is 6.59. The Labute approximate surface area is 124 Å². The largest absolute Gasteiger partial charge is 0.387 e. The third-order valence-electron chi connectivity index (χ3n) is 3.66. The van der Waals surface area contributed by atoms with Crippen molar-refractivity contribution in [2.24, 2.45) is 11.8 Å². The fraction of sp³-hybridized carbons (Fsp3) is 0.667. The van der Waals surface area contributed by atoms with Crippen molar-refractivity contribution in [3.8, 4) is 0 Å². The van der Waals surface area contributed by atoms with Crippen molar-refractivity contribution in [3.05, 3.63) is 35.9 Å². The Morgan fingerprint density at radius 3 is 1.85 bits per heavy atom. The molecule has 1 rings (SSSR count). The second kappa shape index (κ2) is 9.15. The molecule has 1 unspecified atom stereocenters. The molecule has 1 aromatic rings. The predicted octanol–water partition coefficient (Wildman–Crippen LogP) is 4.11. The van der Waals surface area contributed by atoms with Gasteiger partial charge in [-0.1, -0.05) is 58.0 Å². The fourth-order valence-corrected chi connectivity index (χ4v) is 2.20. The molecule has 1 atom stereocenters. The van der Waals surface area contributed by atoms with Crippen molar-refractivity contribution in [2.75, 3.05) is 19.6 Å². The molecule has 0 fully saturated rings. The van der Waals surface area contributed by atoms with E-state index < -0.39 is 0 Å². The van der Waals surface area contributed by atoms with Gasteiger partial charge in [0.25, 0.3) is 0 Å². The zero-order chi connectivity index (χ0) is 15.0. The highest BCUT2D eigenvalue weighted by molar-refractivity contribution is 5.17. The Morgan fingerprint density at radius 1 is 0.900 bits per heavy atom. The van der Waals surface area contributed by atoms with Crippen LogP contribution >= 0.6 is 0 Å². The quantitative estimate of drug-likeness (QED) is 0.734. The summed E-state index contributed by atoms with van der Waals surface area (Å²) in [5, 5.41) is 10.4. The van der Waals surface area contributed by atoms with Crippen molar-refractivity contribution < 1.29 is 5.11 Å². The maximum Gasteiger partial charge on any atom is 0.0916 e. The number of hydrogen-bond acceptors (Lipinski definition) is 2. The second-order valence-electron chi connectivity index (χ2n) is 6.59. The molecule has 0 aliphatic carbocycles. The molecule has 0 saturated heterocycles. The molecule has 2 heteroatoms. The van der Waals surface area contributed by atoms with Crippen LogP contribution in [0, 0.1) is 11.8 Å². The summed E-state index contributed by atoms with van der Waals surface area (Å²) < 4.78 is 0. The van der Waals surface area contributed by atoms with Gasteiger partial charge in [-0.25, -0.2) is 0 Å². The maximum atomic E-state index is 10.4. The van der Waals surface area contributed by atoms with Crippen LogP contribution in [-0.2, 0) is 0 Å². The molecular weight excluding hydrogens is 246 g/mol. The third kappa shape index (κ3) is 7.06. The predicted molar refractivity (Wildman–Crippen MR) is 86.8 cm³/mol. The van der Waals surface area contributed by atoms with Crippen LogP contribution in [0.25, 0.3) is 0 Å². The average Bonchev–Trinajstić information content (AvgIpc) is 2.42. The summed E-state index contributed by atoms with van der Waals surface area (Å²) in [6.07, 6.45) is 2.01. The SMILES string of the molecule is CC(C)CCN(CCC(C)C)CC(O)c1ccccc1. The van der Waals surface area contributed by atoms with Crippen LogP contribution in [0.2, 0.25) is 0 Å². The molecule has 0 bridgehead atoms. The monoisotopic (exact) mass is 277 g/mol. The van der Waals surface area contributed by atoms with E-state index in [0.29, 0.717) is 11.8 Å². The van der Waals surface area contributed by atoms with Gasteiger partial charge in [0.05, 0.1) is 6.10 Å². The number of benzene rings is 1. The molecule has 114 valence electrons. The molecule has 0 amide bonds. The highest BCUT2D eigenvalue weighted by Crippen LogP contribution is 2.15. The van der Waals surface area contributed by atoms with Gasteiger partial charge < -0.3 is 10.0 Å². The topological polar surface area (TPSA) is 23.5 Å². The van der Waals surface area contributed by atoms with Crippen molar-refractivity contribution in [3.63, 3.8) is 0 Å². The standard InChI is InChI=1S/C18H31NO/c1-15(2)10-12-19(13-11-16(3)4)14-18(20)17-8-6-5-7-9-17/h5-9,15-16,18,20H,10-14H2,1-4H3. The van der Waals surface area contributed by atoms with E-state index in [-0.39, 0.29) is 6.10 Å². The summed E-state index contributed by atoms with van der Waals surface area (Å²) >= 11 is 0. The highest BCUT2D eigenvalue weighted by atomic mass is 16.3. The van der Waals surface area contributed by atoms with Gasteiger partial charge in [0.2, 0.25) is 0 Å². The van der Waals surface area contributed by atoms with E-state index in [1.165, 1.54) is 12.8 Å². The van der Waals surface area contributed by atoms with Gasteiger partial charge in [0.15, 0.2) is 0 Å². The molecule has 0 aromatic heterocycles. The zero-order valence-corrected chi connectivity index (χ0v) is 13.5. The molecule has 1 aromatic carbocycles. The molecule has 1 N–H and O–H groups in total. The Morgan fingerprint density at radius 2 is 1.40 bits per heavy atom. The van der Waals surface area contributed by atoms with Crippen molar-refractivity contribution in [1.82, 2.24) is 4.90 Å². The van der Waals surface area contributed by atoms with E-state index in [0.717, 1.165) is 25.2 Å². The summed E-state index contributed by atoms with van der Waals surface area (Å²) in [4.78, 5) is 2.41. The molecule has 0 spiro atoms. The smallest absolute Gasteiger partial charge is 0.0916 e. The van der Waals surface area contributed by atoms with Gasteiger partial charge in [0, 0.05) is 6.54 Å². The lowest BCUT2D eigenvalue weighted by molar-refractivity contribution is 0.107. The van der Waals surface area contributed by atoms with Crippen LogP contribution in [0.15, 0.2) is 30.3 Å². The number of aliphatic hydroxyl groups excluding tert-OH is 1.